The Morgan fingerprint density at radius 2 is 2.04 bits per heavy atom. The van der Waals surface area contributed by atoms with Crippen LogP contribution in [0.3, 0.4) is 0 Å². The van der Waals surface area contributed by atoms with E-state index in [0.717, 1.165) is 25.5 Å². The summed E-state index contributed by atoms with van der Waals surface area (Å²) in [6.07, 6.45) is 5.74. The molecular weight excluding hydrogens is 302 g/mol. The van der Waals surface area contributed by atoms with Crippen LogP contribution in [0.5, 0.6) is 0 Å². The average molecular weight is 325 g/mol. The van der Waals surface area contributed by atoms with E-state index in [1.807, 2.05) is 18.0 Å². The molecule has 0 unspecified atom stereocenters. The molecule has 0 aliphatic carbocycles. The van der Waals surface area contributed by atoms with Crippen molar-refractivity contribution < 1.29 is 0 Å². The highest BCUT2D eigenvalue weighted by atomic mass is 32.2. The molecule has 0 radical (unpaired) electrons. The number of thioether (sulfide) groups is 1. The molecule has 0 saturated carbocycles. The van der Waals surface area contributed by atoms with E-state index in [-0.39, 0.29) is 0 Å². The molecule has 3 nitrogen and oxygen atoms in total. The molecule has 23 heavy (non-hydrogen) atoms. The quantitative estimate of drug-likeness (QED) is 0.919. The van der Waals surface area contributed by atoms with Crippen molar-refractivity contribution in [1.29, 1.82) is 0 Å². The molecule has 120 valence electrons. The summed E-state index contributed by atoms with van der Waals surface area (Å²) < 4.78 is 0. The molecule has 1 N–H and O–H groups in total. The minimum absolute atomic E-state index is 0.468. The maximum Gasteiger partial charge on any atom is 0.128 e. The molecule has 0 spiro atoms. The number of benzene rings is 1. The number of anilines is 1. The van der Waals surface area contributed by atoms with Crippen LogP contribution in [0, 0.1) is 0 Å². The first-order valence-corrected chi connectivity index (χ1v) is 9.54. The van der Waals surface area contributed by atoms with Gasteiger partial charge in [0.2, 0.25) is 0 Å². The molecule has 2 aromatic rings. The van der Waals surface area contributed by atoms with Crippen molar-refractivity contribution in [2.45, 2.75) is 36.7 Å². The fourth-order valence-corrected chi connectivity index (χ4v) is 4.61. The summed E-state index contributed by atoms with van der Waals surface area (Å²) in [5.74, 6) is 2.34. The van der Waals surface area contributed by atoms with Crippen molar-refractivity contribution in [3.8, 4) is 0 Å². The number of aromatic nitrogens is 1. The lowest BCUT2D eigenvalue weighted by Crippen LogP contribution is -2.24. The molecule has 1 fully saturated rings. The Labute approximate surface area is 142 Å². The lowest BCUT2D eigenvalue weighted by molar-refractivity contribution is 0.510. The van der Waals surface area contributed by atoms with E-state index < -0.39 is 0 Å². The Morgan fingerprint density at radius 1 is 1.17 bits per heavy atom. The predicted molar refractivity (Wildman–Crippen MR) is 97.0 cm³/mol. The van der Waals surface area contributed by atoms with Crippen LogP contribution < -0.4 is 10.2 Å². The third-order valence-corrected chi connectivity index (χ3v) is 5.87. The highest BCUT2D eigenvalue weighted by Gasteiger charge is 2.20. The van der Waals surface area contributed by atoms with Crippen LogP contribution in [0.2, 0.25) is 0 Å². The van der Waals surface area contributed by atoms with Gasteiger partial charge in [0.15, 0.2) is 0 Å². The number of hydrogen-bond acceptors (Lipinski definition) is 4. The van der Waals surface area contributed by atoms with E-state index in [1.165, 1.54) is 41.0 Å². The fourth-order valence-electron chi connectivity index (χ4n) is 3.48. The zero-order chi connectivity index (χ0) is 15.5. The van der Waals surface area contributed by atoms with E-state index in [4.69, 9.17) is 0 Å². The SMILES string of the molecule is c1ccc2c(c1)SCC[C@@H]2NCc1ccnc(N2CCCC2)c1. The smallest absolute Gasteiger partial charge is 0.128 e. The van der Waals surface area contributed by atoms with Crippen LogP contribution in [0.15, 0.2) is 47.5 Å². The minimum atomic E-state index is 0.468. The van der Waals surface area contributed by atoms with Gasteiger partial charge in [0.05, 0.1) is 0 Å². The van der Waals surface area contributed by atoms with Crippen molar-refractivity contribution >= 4 is 17.6 Å². The van der Waals surface area contributed by atoms with Crippen LogP contribution in [-0.2, 0) is 6.54 Å². The zero-order valence-electron chi connectivity index (χ0n) is 13.4. The van der Waals surface area contributed by atoms with Gasteiger partial charge in [-0.3, -0.25) is 0 Å². The van der Waals surface area contributed by atoms with Gasteiger partial charge < -0.3 is 10.2 Å². The molecule has 4 heteroatoms. The monoisotopic (exact) mass is 325 g/mol. The summed E-state index contributed by atoms with van der Waals surface area (Å²) in [5.41, 5.74) is 2.79. The van der Waals surface area contributed by atoms with Gasteiger partial charge in [0, 0.05) is 36.8 Å². The predicted octanol–water partition coefficient (Wildman–Crippen LogP) is 4.01. The van der Waals surface area contributed by atoms with Crippen molar-refractivity contribution in [2.75, 3.05) is 23.7 Å². The summed E-state index contributed by atoms with van der Waals surface area (Å²) in [5, 5.41) is 3.75. The van der Waals surface area contributed by atoms with Gasteiger partial charge in [0.25, 0.3) is 0 Å². The van der Waals surface area contributed by atoms with Crippen LogP contribution >= 0.6 is 11.8 Å². The van der Waals surface area contributed by atoms with E-state index in [9.17, 15) is 0 Å². The van der Waals surface area contributed by atoms with Gasteiger partial charge in [-0.15, -0.1) is 11.8 Å². The Morgan fingerprint density at radius 3 is 2.96 bits per heavy atom. The second-order valence-electron chi connectivity index (χ2n) is 6.32. The van der Waals surface area contributed by atoms with E-state index in [1.54, 1.807) is 0 Å². The van der Waals surface area contributed by atoms with Gasteiger partial charge in [-0.2, -0.15) is 0 Å². The molecular formula is C19H23N3S. The first-order chi connectivity index (χ1) is 11.4. The molecule has 2 aliphatic heterocycles. The molecule has 4 rings (SSSR count). The van der Waals surface area contributed by atoms with Gasteiger partial charge in [0.1, 0.15) is 5.82 Å². The maximum atomic E-state index is 4.55. The normalized spacial score (nSPS) is 20.5. The zero-order valence-corrected chi connectivity index (χ0v) is 14.2. The molecule has 1 saturated heterocycles. The minimum Gasteiger partial charge on any atom is -0.357 e. The summed E-state index contributed by atoms with van der Waals surface area (Å²) in [6, 6.07) is 13.7. The molecule has 1 aromatic heterocycles. The van der Waals surface area contributed by atoms with Crippen LogP contribution in [0.1, 0.15) is 36.4 Å². The van der Waals surface area contributed by atoms with Gasteiger partial charge >= 0.3 is 0 Å². The average Bonchev–Trinajstić information content (AvgIpc) is 3.15. The van der Waals surface area contributed by atoms with Crippen LogP contribution in [0.4, 0.5) is 5.82 Å². The lowest BCUT2D eigenvalue weighted by Gasteiger charge is -2.26. The first-order valence-electron chi connectivity index (χ1n) is 8.55. The molecule has 3 heterocycles. The van der Waals surface area contributed by atoms with Crippen molar-refractivity contribution in [2.24, 2.45) is 0 Å². The number of fused-ring (bicyclic) bond motifs is 1. The third kappa shape index (κ3) is 3.38. The summed E-state index contributed by atoms with van der Waals surface area (Å²) in [6.45, 7) is 3.21. The first kappa shape index (κ1) is 15.0. The number of pyridine rings is 1. The highest BCUT2D eigenvalue weighted by molar-refractivity contribution is 7.99. The summed E-state index contributed by atoms with van der Waals surface area (Å²) >= 11 is 1.98. The summed E-state index contributed by atoms with van der Waals surface area (Å²) in [7, 11) is 0. The molecule has 0 amide bonds. The van der Waals surface area contributed by atoms with Gasteiger partial charge in [-0.25, -0.2) is 4.98 Å². The molecule has 1 atom stereocenters. The number of nitrogens with zero attached hydrogens (tertiary/aromatic N) is 2. The molecule has 2 aliphatic rings. The maximum absolute atomic E-state index is 4.55. The van der Waals surface area contributed by atoms with E-state index >= 15 is 0 Å². The fraction of sp³-hybridized carbons (Fsp3) is 0.421. The van der Waals surface area contributed by atoms with Crippen molar-refractivity contribution in [3.05, 3.63) is 53.7 Å². The van der Waals surface area contributed by atoms with Gasteiger partial charge in [-0.05, 0) is 54.3 Å². The Bertz CT molecular complexity index is 667. The second kappa shape index (κ2) is 6.93. The second-order valence-corrected chi connectivity index (χ2v) is 7.46. The Hall–Kier alpha value is -1.52. The Balaban J connectivity index is 1.44. The topological polar surface area (TPSA) is 28.2 Å². The third-order valence-electron chi connectivity index (χ3n) is 4.75. The van der Waals surface area contributed by atoms with E-state index in [0.29, 0.717) is 6.04 Å². The number of hydrogen-bond donors (Lipinski definition) is 1. The van der Waals surface area contributed by atoms with E-state index in [2.05, 4.69) is 51.6 Å². The number of nitrogens with one attached hydrogen (secondary N) is 1. The largest absolute Gasteiger partial charge is 0.357 e. The number of rotatable bonds is 4. The Kier molecular flexibility index (Phi) is 4.53. The molecule has 0 bridgehead atoms. The standard InChI is InChI=1S/C19H23N3S/c1-2-6-18-16(5-1)17(8-12-23-18)21-14-15-7-9-20-19(13-15)22-10-3-4-11-22/h1-2,5-7,9,13,17,21H,3-4,8,10-12,14H2/t17-/m0/s1. The van der Waals surface area contributed by atoms with Gasteiger partial charge in [-0.1, -0.05) is 18.2 Å². The van der Waals surface area contributed by atoms with Crippen LogP contribution in [0.25, 0.3) is 0 Å². The summed E-state index contributed by atoms with van der Waals surface area (Å²) in [4.78, 5) is 8.38. The van der Waals surface area contributed by atoms with Crippen LogP contribution in [-0.4, -0.2) is 23.8 Å². The van der Waals surface area contributed by atoms with Crippen molar-refractivity contribution in [1.82, 2.24) is 10.3 Å². The van der Waals surface area contributed by atoms with Crippen molar-refractivity contribution in [3.63, 3.8) is 0 Å². The molecule has 1 aromatic carbocycles. The highest BCUT2D eigenvalue weighted by Crippen LogP contribution is 2.35. The lowest BCUT2D eigenvalue weighted by atomic mass is 10.0.